The van der Waals surface area contributed by atoms with E-state index in [1.54, 1.807) is 6.21 Å². The van der Waals surface area contributed by atoms with E-state index in [1.807, 2.05) is 92.7 Å². The second-order valence-electron chi connectivity index (χ2n) is 7.06. The normalized spacial score (nSPS) is 10.8. The lowest BCUT2D eigenvalue weighted by molar-refractivity contribution is 0.627. The van der Waals surface area contributed by atoms with Gasteiger partial charge in [-0.05, 0) is 43.7 Å². The third-order valence-corrected chi connectivity index (χ3v) is 4.47. The Kier molecular flexibility index (Phi) is 8.48. The molecule has 0 saturated heterocycles. The third kappa shape index (κ3) is 6.87. The van der Waals surface area contributed by atoms with Crippen LogP contribution in [0.5, 0.6) is 0 Å². The number of hydrogen-bond acceptors (Lipinski definition) is 4. The summed E-state index contributed by atoms with van der Waals surface area (Å²) in [5, 5.41) is 0. The Morgan fingerprint density at radius 1 is 0.758 bits per heavy atom. The van der Waals surface area contributed by atoms with Crippen LogP contribution in [0.15, 0.2) is 109 Å². The van der Waals surface area contributed by atoms with Gasteiger partial charge in [0.2, 0.25) is 0 Å². The highest BCUT2D eigenvalue weighted by Gasteiger charge is 2.12. The van der Waals surface area contributed by atoms with Gasteiger partial charge in [-0.25, -0.2) is 19.3 Å². The number of rotatable bonds is 5. The molecule has 0 aliphatic heterocycles. The van der Waals surface area contributed by atoms with E-state index in [-0.39, 0.29) is 5.82 Å². The molecule has 1 heterocycles. The van der Waals surface area contributed by atoms with Gasteiger partial charge < -0.3 is 0 Å². The molecule has 0 atom stereocenters. The monoisotopic (exact) mass is 436 g/mol. The van der Waals surface area contributed by atoms with Crippen LogP contribution in [0.4, 0.5) is 4.39 Å². The summed E-state index contributed by atoms with van der Waals surface area (Å²) in [7, 11) is 0. The maximum Gasteiger partial charge on any atom is 0.164 e. The number of benzene rings is 3. The van der Waals surface area contributed by atoms with Gasteiger partial charge in [0, 0.05) is 29.1 Å². The first-order valence-electron chi connectivity index (χ1n) is 10.5. The zero-order valence-corrected chi connectivity index (χ0v) is 18.7. The Hall–Kier alpha value is -4.25. The number of nitrogens with zero attached hydrogens (tertiary/aromatic N) is 4. The minimum atomic E-state index is -0.303. The average molecular weight is 437 g/mol. The first-order chi connectivity index (χ1) is 16.1. The van der Waals surface area contributed by atoms with Crippen molar-refractivity contribution >= 4 is 6.21 Å². The fourth-order valence-electron chi connectivity index (χ4n) is 3.00. The van der Waals surface area contributed by atoms with Gasteiger partial charge in [-0.3, -0.25) is 4.99 Å². The van der Waals surface area contributed by atoms with E-state index in [0.29, 0.717) is 23.0 Å². The number of aromatic nitrogens is 3. The van der Waals surface area contributed by atoms with Crippen molar-refractivity contribution in [3.63, 3.8) is 0 Å². The maximum atomic E-state index is 13.9. The topological polar surface area (TPSA) is 51.0 Å². The number of aryl methyl sites for hydroxylation is 1. The molecule has 4 rings (SSSR count). The van der Waals surface area contributed by atoms with E-state index in [4.69, 9.17) is 0 Å². The third-order valence-electron chi connectivity index (χ3n) is 4.47. The van der Waals surface area contributed by atoms with E-state index in [1.165, 1.54) is 18.3 Å². The molecule has 0 aliphatic rings. The Bertz CT molecular complexity index is 1170. The summed E-state index contributed by atoms with van der Waals surface area (Å²) in [5.41, 5.74) is 3.24. The molecule has 4 nitrogen and oxygen atoms in total. The van der Waals surface area contributed by atoms with Crippen molar-refractivity contribution in [3.8, 4) is 34.2 Å². The zero-order chi connectivity index (χ0) is 23.5. The molecule has 5 heteroatoms. The van der Waals surface area contributed by atoms with E-state index < -0.39 is 0 Å². The highest BCUT2D eigenvalue weighted by molar-refractivity contribution is 5.71. The molecular formula is C28H25FN4. The number of halogens is 1. The van der Waals surface area contributed by atoms with Crippen LogP contribution in [-0.4, -0.2) is 21.2 Å². The Morgan fingerprint density at radius 3 is 1.73 bits per heavy atom. The van der Waals surface area contributed by atoms with Crippen molar-refractivity contribution in [2.45, 2.75) is 13.8 Å². The van der Waals surface area contributed by atoms with Crippen LogP contribution in [0.1, 0.15) is 12.5 Å². The predicted molar refractivity (Wildman–Crippen MR) is 134 cm³/mol. The molecule has 0 aliphatic carbocycles. The smallest absolute Gasteiger partial charge is 0.164 e. The molecule has 0 fully saturated rings. The van der Waals surface area contributed by atoms with E-state index in [9.17, 15) is 4.39 Å². The van der Waals surface area contributed by atoms with Crippen LogP contribution in [0, 0.1) is 12.7 Å². The molecule has 0 radical (unpaired) electrons. The van der Waals surface area contributed by atoms with E-state index in [0.717, 1.165) is 16.7 Å². The second-order valence-corrected chi connectivity index (χ2v) is 7.06. The predicted octanol–water partition coefficient (Wildman–Crippen LogP) is 7.10. The molecule has 0 saturated carbocycles. The highest BCUT2D eigenvalue weighted by Crippen LogP contribution is 2.25. The molecule has 4 aromatic rings. The van der Waals surface area contributed by atoms with Crippen LogP contribution in [0.3, 0.4) is 0 Å². The standard InChI is InChI=1S/C22H16FN3.C6H9N/c1-15-12-18(14-19(23)13-15)22-25-20(16-8-4-2-5-9-16)24-21(26-22)17-10-6-3-7-11-17;1-3-5-6-7-4-2/h2-14H,1H3;3-6H,2H2,1H3/b;5-3-,7-6?. The van der Waals surface area contributed by atoms with Crippen LogP contribution in [0.25, 0.3) is 34.2 Å². The van der Waals surface area contributed by atoms with Gasteiger partial charge in [-0.15, -0.1) is 0 Å². The number of hydrogen-bond donors (Lipinski definition) is 0. The summed E-state index contributed by atoms with van der Waals surface area (Å²) in [6.07, 6.45) is 6.95. The minimum Gasteiger partial charge on any atom is -0.265 e. The van der Waals surface area contributed by atoms with Gasteiger partial charge in [-0.2, -0.15) is 0 Å². The second kappa shape index (κ2) is 12.0. The molecule has 3 aromatic carbocycles. The molecule has 0 N–H and O–H groups in total. The van der Waals surface area contributed by atoms with E-state index in [2.05, 4.69) is 26.5 Å². The fourth-order valence-corrected chi connectivity index (χ4v) is 3.00. The van der Waals surface area contributed by atoms with Crippen molar-refractivity contribution in [2.75, 3.05) is 0 Å². The summed E-state index contributed by atoms with van der Waals surface area (Å²) >= 11 is 0. The SMILES string of the molecule is C=CN=C/C=C\C.Cc1cc(F)cc(-c2nc(-c3ccccc3)nc(-c3ccccc3)n2)c1. The largest absolute Gasteiger partial charge is 0.265 e. The molecule has 1 aromatic heterocycles. The first-order valence-corrected chi connectivity index (χ1v) is 10.5. The van der Waals surface area contributed by atoms with Crippen LogP contribution >= 0.6 is 0 Å². The summed E-state index contributed by atoms with van der Waals surface area (Å²) in [4.78, 5) is 17.5. The molecule has 33 heavy (non-hydrogen) atoms. The molecular weight excluding hydrogens is 411 g/mol. The average Bonchev–Trinajstić information content (AvgIpc) is 2.85. The summed E-state index contributed by atoms with van der Waals surface area (Å²) in [6.45, 7) is 7.19. The van der Waals surface area contributed by atoms with Crippen LogP contribution in [-0.2, 0) is 0 Å². The minimum absolute atomic E-state index is 0.303. The summed E-state index contributed by atoms with van der Waals surface area (Å²) in [5.74, 6) is 1.29. The summed E-state index contributed by atoms with van der Waals surface area (Å²) in [6, 6.07) is 24.3. The fraction of sp³-hybridized carbons (Fsp3) is 0.0714. The molecule has 0 spiro atoms. The van der Waals surface area contributed by atoms with Crippen molar-refractivity contribution < 1.29 is 4.39 Å². The Labute approximate surface area is 194 Å². The molecule has 0 amide bonds. The highest BCUT2D eigenvalue weighted by atomic mass is 19.1. The zero-order valence-electron chi connectivity index (χ0n) is 18.7. The van der Waals surface area contributed by atoms with Crippen molar-refractivity contribution in [1.82, 2.24) is 15.0 Å². The maximum absolute atomic E-state index is 13.9. The Balaban J connectivity index is 0.000000383. The van der Waals surface area contributed by atoms with Gasteiger partial charge in [0.25, 0.3) is 0 Å². The van der Waals surface area contributed by atoms with Gasteiger partial charge in [0.15, 0.2) is 17.5 Å². The summed E-state index contributed by atoms with van der Waals surface area (Å²) < 4.78 is 13.9. The van der Waals surface area contributed by atoms with Gasteiger partial charge in [0.1, 0.15) is 5.82 Å². The lowest BCUT2D eigenvalue weighted by Gasteiger charge is -2.09. The van der Waals surface area contributed by atoms with Crippen LogP contribution < -0.4 is 0 Å². The number of aliphatic imine (C=N–C) groups is 1. The lowest BCUT2D eigenvalue weighted by Crippen LogP contribution is -2.00. The van der Waals surface area contributed by atoms with Crippen molar-refractivity contribution in [3.05, 3.63) is 115 Å². The van der Waals surface area contributed by atoms with Crippen LogP contribution in [0.2, 0.25) is 0 Å². The number of allylic oxidation sites excluding steroid dienone is 2. The molecule has 0 bridgehead atoms. The van der Waals surface area contributed by atoms with Crippen molar-refractivity contribution in [1.29, 1.82) is 0 Å². The quantitative estimate of drug-likeness (QED) is 0.314. The van der Waals surface area contributed by atoms with Gasteiger partial charge in [0.05, 0.1) is 0 Å². The molecule has 164 valence electrons. The van der Waals surface area contributed by atoms with Gasteiger partial charge in [-0.1, -0.05) is 73.3 Å². The Morgan fingerprint density at radius 2 is 1.27 bits per heavy atom. The first kappa shape index (κ1) is 23.4. The van der Waals surface area contributed by atoms with E-state index >= 15 is 0 Å². The lowest BCUT2D eigenvalue weighted by atomic mass is 10.1. The molecule has 0 unspecified atom stereocenters. The van der Waals surface area contributed by atoms with Gasteiger partial charge >= 0.3 is 0 Å². The van der Waals surface area contributed by atoms with Crippen molar-refractivity contribution in [2.24, 2.45) is 4.99 Å².